The van der Waals surface area contributed by atoms with E-state index in [1.807, 2.05) is 6.92 Å². The first-order valence-electron chi connectivity index (χ1n) is 5.44. The lowest BCUT2D eigenvalue weighted by atomic mass is 10.2. The molecule has 17 heavy (non-hydrogen) atoms. The number of anilines is 1. The zero-order valence-corrected chi connectivity index (χ0v) is 9.59. The van der Waals surface area contributed by atoms with Crippen LogP contribution in [-0.2, 0) is 6.18 Å². The fourth-order valence-electron chi connectivity index (χ4n) is 1.42. The maximum atomic E-state index is 12.4. The van der Waals surface area contributed by atoms with Crippen LogP contribution in [0.1, 0.15) is 25.5 Å². The van der Waals surface area contributed by atoms with Gasteiger partial charge in [-0.15, -0.1) is 0 Å². The van der Waals surface area contributed by atoms with Gasteiger partial charge >= 0.3 is 6.18 Å². The quantitative estimate of drug-likeness (QED) is 0.841. The first-order valence-corrected chi connectivity index (χ1v) is 5.44. The molecule has 1 aromatic heterocycles. The first kappa shape index (κ1) is 13.8. The lowest BCUT2D eigenvalue weighted by Crippen LogP contribution is -2.18. The van der Waals surface area contributed by atoms with Crippen LogP contribution in [0.15, 0.2) is 18.2 Å². The summed E-state index contributed by atoms with van der Waals surface area (Å²) >= 11 is 0. The minimum absolute atomic E-state index is 0.0505. The van der Waals surface area contributed by atoms with Crippen molar-refractivity contribution in [3.8, 4) is 0 Å². The number of hydrogen-bond acceptors (Lipinski definition) is 3. The Hall–Kier alpha value is -1.30. The van der Waals surface area contributed by atoms with E-state index in [0.29, 0.717) is 6.54 Å². The third-order valence-corrected chi connectivity index (χ3v) is 2.28. The molecule has 1 heterocycles. The zero-order chi connectivity index (χ0) is 12.9. The molecule has 0 saturated carbocycles. The summed E-state index contributed by atoms with van der Waals surface area (Å²) in [5, 5.41) is 2.92. The van der Waals surface area contributed by atoms with Crippen molar-refractivity contribution >= 4 is 5.82 Å². The van der Waals surface area contributed by atoms with Crippen LogP contribution in [-0.4, -0.2) is 17.6 Å². The number of alkyl halides is 3. The van der Waals surface area contributed by atoms with Gasteiger partial charge in [-0.1, -0.05) is 6.07 Å². The molecule has 0 aliphatic rings. The minimum Gasteiger partial charge on any atom is -0.368 e. The van der Waals surface area contributed by atoms with Gasteiger partial charge in [0, 0.05) is 6.04 Å². The van der Waals surface area contributed by atoms with Gasteiger partial charge in [-0.25, -0.2) is 4.98 Å². The molecule has 0 aliphatic heterocycles. The number of halogens is 3. The Morgan fingerprint density at radius 2 is 2.12 bits per heavy atom. The standard InChI is InChI=1S/C11H16F3N3/c1-8(4-3-7-15)16-10-6-2-5-9(17-10)11(12,13)14/h2,5-6,8H,3-4,7,15H2,1H3,(H,16,17). The van der Waals surface area contributed by atoms with Crippen molar-refractivity contribution in [1.82, 2.24) is 4.98 Å². The zero-order valence-electron chi connectivity index (χ0n) is 9.59. The molecule has 3 nitrogen and oxygen atoms in total. The van der Waals surface area contributed by atoms with Crippen molar-refractivity contribution in [2.24, 2.45) is 5.73 Å². The largest absolute Gasteiger partial charge is 0.433 e. The first-order chi connectivity index (χ1) is 7.93. The van der Waals surface area contributed by atoms with Gasteiger partial charge in [-0.2, -0.15) is 13.2 Å². The minimum atomic E-state index is -4.40. The second-order valence-corrected chi connectivity index (χ2v) is 3.88. The predicted octanol–water partition coefficient (Wildman–Crippen LogP) is 2.64. The summed E-state index contributed by atoms with van der Waals surface area (Å²) in [5.41, 5.74) is 4.48. The monoisotopic (exact) mass is 247 g/mol. The molecule has 0 bridgehead atoms. The van der Waals surface area contributed by atoms with E-state index in [-0.39, 0.29) is 11.9 Å². The number of rotatable bonds is 5. The molecule has 0 amide bonds. The molecule has 1 aromatic rings. The van der Waals surface area contributed by atoms with Crippen LogP contribution in [0.3, 0.4) is 0 Å². The third kappa shape index (κ3) is 4.60. The van der Waals surface area contributed by atoms with Crippen LogP contribution in [0.4, 0.5) is 19.0 Å². The second-order valence-electron chi connectivity index (χ2n) is 3.88. The molecule has 1 unspecified atom stereocenters. The van der Waals surface area contributed by atoms with Gasteiger partial charge in [0.15, 0.2) is 0 Å². The van der Waals surface area contributed by atoms with Gasteiger partial charge in [-0.3, -0.25) is 0 Å². The molecular formula is C11H16F3N3. The van der Waals surface area contributed by atoms with Gasteiger partial charge < -0.3 is 11.1 Å². The maximum absolute atomic E-state index is 12.4. The number of nitrogens with zero attached hydrogens (tertiary/aromatic N) is 1. The van der Waals surface area contributed by atoms with Crippen LogP contribution in [0, 0.1) is 0 Å². The summed E-state index contributed by atoms with van der Waals surface area (Å²) in [7, 11) is 0. The number of aromatic nitrogens is 1. The van der Waals surface area contributed by atoms with Crippen LogP contribution in [0.5, 0.6) is 0 Å². The van der Waals surface area contributed by atoms with Crippen molar-refractivity contribution in [2.75, 3.05) is 11.9 Å². The number of pyridine rings is 1. The highest BCUT2D eigenvalue weighted by atomic mass is 19.4. The molecule has 0 radical (unpaired) electrons. The molecule has 3 N–H and O–H groups in total. The Bertz CT molecular complexity index is 352. The number of hydrogen-bond donors (Lipinski definition) is 2. The van der Waals surface area contributed by atoms with E-state index >= 15 is 0 Å². The van der Waals surface area contributed by atoms with E-state index in [4.69, 9.17) is 5.73 Å². The topological polar surface area (TPSA) is 50.9 Å². The van der Waals surface area contributed by atoms with Crippen LogP contribution < -0.4 is 11.1 Å². The van der Waals surface area contributed by atoms with Crippen LogP contribution in [0.2, 0.25) is 0 Å². The summed E-state index contributed by atoms with van der Waals surface area (Å²) in [4.78, 5) is 3.52. The average molecular weight is 247 g/mol. The van der Waals surface area contributed by atoms with Gasteiger partial charge in [0.2, 0.25) is 0 Å². The van der Waals surface area contributed by atoms with Crippen molar-refractivity contribution in [2.45, 2.75) is 32.0 Å². The fraction of sp³-hybridized carbons (Fsp3) is 0.545. The number of nitrogens with one attached hydrogen (secondary N) is 1. The average Bonchev–Trinajstić information content (AvgIpc) is 2.25. The smallest absolute Gasteiger partial charge is 0.368 e. The summed E-state index contributed by atoms with van der Waals surface area (Å²) < 4.78 is 37.2. The van der Waals surface area contributed by atoms with E-state index < -0.39 is 11.9 Å². The van der Waals surface area contributed by atoms with E-state index in [1.165, 1.54) is 12.1 Å². The van der Waals surface area contributed by atoms with Gasteiger partial charge in [0.05, 0.1) is 0 Å². The van der Waals surface area contributed by atoms with E-state index in [2.05, 4.69) is 10.3 Å². The van der Waals surface area contributed by atoms with Crippen LogP contribution >= 0.6 is 0 Å². The highest BCUT2D eigenvalue weighted by Gasteiger charge is 2.32. The van der Waals surface area contributed by atoms with Crippen LogP contribution in [0.25, 0.3) is 0 Å². The molecule has 0 saturated heterocycles. The molecular weight excluding hydrogens is 231 g/mol. The van der Waals surface area contributed by atoms with Gasteiger partial charge in [-0.05, 0) is 38.4 Å². The van der Waals surface area contributed by atoms with Crippen molar-refractivity contribution in [1.29, 1.82) is 0 Å². The Labute approximate surface area is 98.2 Å². The molecule has 0 aliphatic carbocycles. The second kappa shape index (κ2) is 5.86. The van der Waals surface area contributed by atoms with E-state index in [1.54, 1.807) is 0 Å². The van der Waals surface area contributed by atoms with Crippen molar-refractivity contribution in [3.05, 3.63) is 23.9 Å². The van der Waals surface area contributed by atoms with Crippen molar-refractivity contribution in [3.63, 3.8) is 0 Å². The third-order valence-electron chi connectivity index (χ3n) is 2.28. The van der Waals surface area contributed by atoms with Gasteiger partial charge in [0.1, 0.15) is 11.5 Å². The predicted molar refractivity (Wildman–Crippen MR) is 60.6 cm³/mol. The SMILES string of the molecule is CC(CCCN)Nc1cccc(C(F)(F)F)n1. The maximum Gasteiger partial charge on any atom is 0.433 e. The van der Waals surface area contributed by atoms with Gasteiger partial charge in [0.25, 0.3) is 0 Å². The normalized spacial score (nSPS) is 13.5. The molecule has 6 heteroatoms. The van der Waals surface area contributed by atoms with E-state index in [0.717, 1.165) is 18.9 Å². The summed E-state index contributed by atoms with van der Waals surface area (Å²) in [5.74, 6) is 0.240. The molecule has 0 aromatic carbocycles. The summed E-state index contributed by atoms with van der Waals surface area (Å²) in [6.45, 7) is 2.46. The Balaban J connectivity index is 2.66. The number of nitrogens with two attached hydrogens (primary N) is 1. The van der Waals surface area contributed by atoms with E-state index in [9.17, 15) is 13.2 Å². The molecule has 0 spiro atoms. The highest BCUT2D eigenvalue weighted by Crippen LogP contribution is 2.28. The highest BCUT2D eigenvalue weighted by molar-refractivity contribution is 5.36. The fourth-order valence-corrected chi connectivity index (χ4v) is 1.42. The Morgan fingerprint density at radius 3 is 2.71 bits per heavy atom. The lowest BCUT2D eigenvalue weighted by Gasteiger charge is -2.15. The molecule has 96 valence electrons. The lowest BCUT2D eigenvalue weighted by molar-refractivity contribution is -0.141. The molecule has 1 atom stereocenters. The molecule has 1 rings (SSSR count). The molecule has 0 fully saturated rings. The summed E-state index contributed by atoms with van der Waals surface area (Å²) in [6, 6.07) is 3.87. The Kier molecular flexibility index (Phi) is 4.74. The summed E-state index contributed by atoms with van der Waals surface area (Å²) in [6.07, 6.45) is -2.78. The van der Waals surface area contributed by atoms with Crippen molar-refractivity contribution < 1.29 is 13.2 Å². The Morgan fingerprint density at radius 1 is 1.41 bits per heavy atom.